The number of ether oxygens (including phenoxy) is 1. The average Bonchev–Trinajstić information content (AvgIpc) is 2.42. The molecule has 0 aliphatic heterocycles. The second-order valence-electron chi connectivity index (χ2n) is 4.50. The van der Waals surface area contributed by atoms with E-state index < -0.39 is 0 Å². The zero-order valence-corrected chi connectivity index (χ0v) is 12.1. The highest BCUT2D eigenvalue weighted by Gasteiger charge is 2.10. The number of amides is 1. The van der Waals surface area contributed by atoms with Gasteiger partial charge in [-0.25, -0.2) is 0 Å². The summed E-state index contributed by atoms with van der Waals surface area (Å²) in [6.07, 6.45) is 0.846. The van der Waals surface area contributed by atoms with Crippen molar-refractivity contribution in [3.8, 4) is 0 Å². The maximum Gasteiger partial charge on any atom is 0.239 e. The Kier molecular flexibility index (Phi) is 6.97. The Morgan fingerprint density at radius 3 is 2.74 bits per heavy atom. The van der Waals surface area contributed by atoms with Gasteiger partial charge in [-0.15, -0.1) is 0 Å². The number of nitrogens with zero attached hydrogens (tertiary/aromatic N) is 1. The fraction of sp³-hybridized carbons (Fsp3) is 0.533. The van der Waals surface area contributed by atoms with Crippen molar-refractivity contribution in [2.45, 2.75) is 20.3 Å². The molecule has 0 radical (unpaired) electrons. The Labute approximate surface area is 115 Å². The third-order valence-electron chi connectivity index (χ3n) is 3.02. The number of para-hydroxylation sites is 1. The summed E-state index contributed by atoms with van der Waals surface area (Å²) < 4.78 is 4.95. The molecule has 1 aromatic carbocycles. The lowest BCUT2D eigenvalue weighted by molar-refractivity contribution is -0.119. The van der Waals surface area contributed by atoms with Crippen molar-refractivity contribution in [1.29, 1.82) is 0 Å². The minimum atomic E-state index is 0.0567. The van der Waals surface area contributed by atoms with Crippen molar-refractivity contribution in [3.05, 3.63) is 29.8 Å². The second kappa shape index (κ2) is 8.53. The molecule has 1 N–H and O–H groups in total. The van der Waals surface area contributed by atoms with Gasteiger partial charge in [0.25, 0.3) is 0 Å². The molecule has 0 saturated heterocycles. The summed E-state index contributed by atoms with van der Waals surface area (Å²) in [5.41, 5.74) is 2.31. The molecule has 106 valence electrons. The summed E-state index contributed by atoms with van der Waals surface area (Å²) in [4.78, 5) is 14.0. The van der Waals surface area contributed by atoms with Gasteiger partial charge < -0.3 is 15.0 Å². The first kappa shape index (κ1) is 15.5. The van der Waals surface area contributed by atoms with Crippen LogP contribution in [0.2, 0.25) is 0 Å². The zero-order valence-electron chi connectivity index (χ0n) is 12.1. The van der Waals surface area contributed by atoms with E-state index in [2.05, 4.69) is 36.2 Å². The normalized spacial score (nSPS) is 10.3. The molecule has 0 aromatic heterocycles. The number of aryl methyl sites for hydroxylation is 1. The molecule has 0 atom stereocenters. The minimum absolute atomic E-state index is 0.0567. The fourth-order valence-electron chi connectivity index (χ4n) is 1.96. The molecular formula is C15H24N2O2. The molecule has 1 rings (SSSR count). The summed E-state index contributed by atoms with van der Waals surface area (Å²) in [5, 5.41) is 2.91. The average molecular weight is 264 g/mol. The molecule has 1 aromatic rings. The maximum atomic E-state index is 11.9. The Morgan fingerprint density at radius 1 is 1.37 bits per heavy atom. The standard InChI is InChI=1S/C15H24N2O2/c1-4-17(14-9-6-5-8-13(14)2)12-15(18)16-10-7-11-19-3/h5-6,8-9H,4,7,10-12H2,1-3H3,(H,16,18). The lowest BCUT2D eigenvalue weighted by Crippen LogP contribution is -2.38. The molecule has 19 heavy (non-hydrogen) atoms. The fourth-order valence-corrected chi connectivity index (χ4v) is 1.96. The molecule has 0 bridgehead atoms. The van der Waals surface area contributed by atoms with Crippen LogP contribution in [-0.4, -0.2) is 39.3 Å². The van der Waals surface area contributed by atoms with Crippen LogP contribution in [0.15, 0.2) is 24.3 Å². The molecule has 0 fully saturated rings. The molecule has 0 aliphatic rings. The number of rotatable bonds is 8. The van der Waals surface area contributed by atoms with E-state index in [1.54, 1.807) is 7.11 Å². The largest absolute Gasteiger partial charge is 0.385 e. The van der Waals surface area contributed by atoms with E-state index in [0.29, 0.717) is 19.7 Å². The third kappa shape index (κ3) is 5.30. The van der Waals surface area contributed by atoms with Crippen LogP contribution in [0.3, 0.4) is 0 Å². The number of benzene rings is 1. The van der Waals surface area contributed by atoms with Gasteiger partial charge in [0, 0.05) is 32.5 Å². The summed E-state index contributed by atoms with van der Waals surface area (Å²) in [5.74, 6) is 0.0567. The van der Waals surface area contributed by atoms with Crippen LogP contribution in [0, 0.1) is 6.92 Å². The summed E-state index contributed by atoms with van der Waals surface area (Å²) in [6.45, 7) is 6.68. The predicted octanol–water partition coefficient (Wildman–Crippen LogP) is 1.97. The smallest absolute Gasteiger partial charge is 0.239 e. The first-order chi connectivity index (χ1) is 9.19. The van der Waals surface area contributed by atoms with Gasteiger partial charge in [-0.05, 0) is 31.9 Å². The highest BCUT2D eigenvalue weighted by Crippen LogP contribution is 2.18. The topological polar surface area (TPSA) is 41.6 Å². The van der Waals surface area contributed by atoms with Gasteiger partial charge in [0.15, 0.2) is 0 Å². The van der Waals surface area contributed by atoms with Crippen LogP contribution in [0.5, 0.6) is 0 Å². The van der Waals surface area contributed by atoms with Crippen molar-refractivity contribution >= 4 is 11.6 Å². The van der Waals surface area contributed by atoms with Gasteiger partial charge in [0.05, 0.1) is 6.54 Å². The van der Waals surface area contributed by atoms with Gasteiger partial charge >= 0.3 is 0 Å². The molecular weight excluding hydrogens is 240 g/mol. The van der Waals surface area contributed by atoms with Crippen molar-refractivity contribution in [1.82, 2.24) is 5.32 Å². The van der Waals surface area contributed by atoms with Crippen LogP contribution in [0.4, 0.5) is 5.69 Å². The number of nitrogens with one attached hydrogen (secondary N) is 1. The van der Waals surface area contributed by atoms with Crippen LogP contribution in [-0.2, 0) is 9.53 Å². The van der Waals surface area contributed by atoms with E-state index in [4.69, 9.17) is 4.74 Å². The molecule has 1 amide bonds. The SMILES string of the molecule is CCN(CC(=O)NCCCOC)c1ccccc1C. The molecule has 4 heteroatoms. The number of likely N-dealkylation sites (N-methyl/N-ethyl adjacent to an activating group) is 1. The van der Waals surface area contributed by atoms with Crippen molar-refractivity contribution in [2.75, 3.05) is 38.3 Å². The van der Waals surface area contributed by atoms with E-state index in [1.807, 2.05) is 12.1 Å². The molecule has 0 saturated carbocycles. The van der Waals surface area contributed by atoms with Gasteiger partial charge in [-0.3, -0.25) is 4.79 Å². The van der Waals surface area contributed by atoms with Crippen LogP contribution < -0.4 is 10.2 Å². The van der Waals surface area contributed by atoms with E-state index in [1.165, 1.54) is 5.56 Å². The highest BCUT2D eigenvalue weighted by molar-refractivity contribution is 5.81. The quantitative estimate of drug-likeness (QED) is 0.730. The lowest BCUT2D eigenvalue weighted by atomic mass is 10.2. The summed E-state index contributed by atoms with van der Waals surface area (Å²) in [7, 11) is 1.67. The number of carbonyl (C=O) groups excluding carboxylic acids is 1. The third-order valence-corrected chi connectivity index (χ3v) is 3.02. The summed E-state index contributed by atoms with van der Waals surface area (Å²) in [6, 6.07) is 8.13. The van der Waals surface area contributed by atoms with Gasteiger partial charge in [-0.2, -0.15) is 0 Å². The zero-order chi connectivity index (χ0) is 14.1. The monoisotopic (exact) mass is 264 g/mol. The number of methoxy groups -OCH3 is 1. The number of carbonyl (C=O) groups is 1. The number of anilines is 1. The van der Waals surface area contributed by atoms with Gasteiger partial charge in [-0.1, -0.05) is 18.2 Å². The van der Waals surface area contributed by atoms with Gasteiger partial charge in [0.2, 0.25) is 5.91 Å². The lowest BCUT2D eigenvalue weighted by Gasteiger charge is -2.24. The Balaban J connectivity index is 2.48. The van der Waals surface area contributed by atoms with E-state index in [9.17, 15) is 4.79 Å². The first-order valence-electron chi connectivity index (χ1n) is 6.75. The Bertz CT molecular complexity index is 393. The number of hydrogen-bond acceptors (Lipinski definition) is 3. The van der Waals surface area contributed by atoms with Crippen molar-refractivity contribution in [2.24, 2.45) is 0 Å². The molecule has 0 aliphatic carbocycles. The van der Waals surface area contributed by atoms with Crippen LogP contribution in [0.1, 0.15) is 18.9 Å². The first-order valence-corrected chi connectivity index (χ1v) is 6.75. The van der Waals surface area contributed by atoms with E-state index >= 15 is 0 Å². The Morgan fingerprint density at radius 2 is 2.11 bits per heavy atom. The molecule has 4 nitrogen and oxygen atoms in total. The predicted molar refractivity (Wildman–Crippen MR) is 78.6 cm³/mol. The summed E-state index contributed by atoms with van der Waals surface area (Å²) >= 11 is 0. The van der Waals surface area contributed by atoms with Crippen LogP contribution >= 0.6 is 0 Å². The van der Waals surface area contributed by atoms with Crippen molar-refractivity contribution < 1.29 is 9.53 Å². The second-order valence-corrected chi connectivity index (χ2v) is 4.50. The van der Waals surface area contributed by atoms with Crippen molar-refractivity contribution in [3.63, 3.8) is 0 Å². The molecule has 0 heterocycles. The number of hydrogen-bond donors (Lipinski definition) is 1. The highest BCUT2D eigenvalue weighted by atomic mass is 16.5. The molecule has 0 unspecified atom stereocenters. The van der Waals surface area contributed by atoms with E-state index in [0.717, 1.165) is 18.7 Å². The Hall–Kier alpha value is -1.55. The minimum Gasteiger partial charge on any atom is -0.385 e. The van der Waals surface area contributed by atoms with E-state index in [-0.39, 0.29) is 5.91 Å². The van der Waals surface area contributed by atoms with Gasteiger partial charge in [0.1, 0.15) is 0 Å². The molecule has 0 spiro atoms. The van der Waals surface area contributed by atoms with Crippen LogP contribution in [0.25, 0.3) is 0 Å². The maximum absolute atomic E-state index is 11.9.